The van der Waals surface area contributed by atoms with Crippen LogP contribution in [0.4, 0.5) is 0 Å². The van der Waals surface area contributed by atoms with E-state index in [0.29, 0.717) is 32.5 Å². The summed E-state index contributed by atoms with van der Waals surface area (Å²) in [6.07, 6.45) is 10.5. The first-order valence-corrected chi connectivity index (χ1v) is 8.22. The summed E-state index contributed by atoms with van der Waals surface area (Å²) in [5.41, 5.74) is -0.434. The lowest BCUT2D eigenvalue weighted by Crippen LogP contribution is -2.54. The maximum atomic E-state index is 11.9. The smallest absolute Gasteiger partial charge is 0.220 e. The second kappa shape index (κ2) is 10.2. The third kappa shape index (κ3) is 6.71. The van der Waals surface area contributed by atoms with Gasteiger partial charge in [-0.25, -0.2) is 0 Å². The summed E-state index contributed by atoms with van der Waals surface area (Å²) in [6.45, 7) is 3.48. The van der Waals surface area contributed by atoms with Gasteiger partial charge in [0.25, 0.3) is 0 Å². The Morgan fingerprint density at radius 1 is 1.10 bits per heavy atom. The van der Waals surface area contributed by atoms with Crippen molar-refractivity contribution in [3.8, 4) is 0 Å². The fourth-order valence-electron chi connectivity index (χ4n) is 2.69. The summed E-state index contributed by atoms with van der Waals surface area (Å²) in [4.78, 5) is 11.9. The molecule has 0 saturated carbocycles. The highest BCUT2D eigenvalue weighted by Gasteiger charge is 2.33. The first-order valence-electron chi connectivity index (χ1n) is 8.22. The summed E-state index contributed by atoms with van der Waals surface area (Å²) in [5.74, 6) is 0.0782. The molecular weight excluding hydrogens is 254 g/mol. The van der Waals surface area contributed by atoms with Gasteiger partial charge in [-0.1, -0.05) is 45.4 Å². The number of nitrogens with one attached hydrogen (secondary N) is 1. The van der Waals surface area contributed by atoms with Crippen LogP contribution in [0.15, 0.2) is 0 Å². The number of carbonyl (C=O) groups excluding carboxylic acids is 1. The fraction of sp³-hybridized carbons (Fsp3) is 0.938. The number of unbranched alkanes of at least 4 members (excludes halogenated alkanes) is 6. The van der Waals surface area contributed by atoms with Gasteiger partial charge in [-0.15, -0.1) is 0 Å². The van der Waals surface area contributed by atoms with Crippen LogP contribution in [-0.2, 0) is 9.53 Å². The van der Waals surface area contributed by atoms with Crippen LogP contribution in [0.25, 0.3) is 0 Å². The van der Waals surface area contributed by atoms with Crippen LogP contribution in [-0.4, -0.2) is 36.4 Å². The summed E-state index contributed by atoms with van der Waals surface area (Å²) >= 11 is 0. The van der Waals surface area contributed by atoms with Gasteiger partial charge < -0.3 is 15.2 Å². The largest absolute Gasteiger partial charge is 0.394 e. The standard InChI is InChI=1S/C16H31NO3/c1-2-3-4-5-6-7-8-9-15(19)17-16(14-18)10-12-20-13-11-16/h18H,2-14H2,1H3,(H,17,19). The van der Waals surface area contributed by atoms with Crippen molar-refractivity contribution < 1.29 is 14.6 Å². The van der Waals surface area contributed by atoms with Gasteiger partial charge >= 0.3 is 0 Å². The van der Waals surface area contributed by atoms with Crippen molar-refractivity contribution in [1.82, 2.24) is 5.32 Å². The number of hydrogen-bond donors (Lipinski definition) is 2. The SMILES string of the molecule is CCCCCCCCCC(=O)NC1(CO)CCOCC1. The zero-order valence-electron chi connectivity index (χ0n) is 13.0. The molecule has 118 valence electrons. The monoisotopic (exact) mass is 285 g/mol. The lowest BCUT2D eigenvalue weighted by molar-refractivity contribution is -0.125. The summed E-state index contributed by atoms with van der Waals surface area (Å²) in [6, 6.07) is 0. The van der Waals surface area contributed by atoms with Crippen LogP contribution >= 0.6 is 0 Å². The van der Waals surface area contributed by atoms with Gasteiger partial charge in [-0.05, 0) is 19.3 Å². The van der Waals surface area contributed by atoms with E-state index < -0.39 is 5.54 Å². The number of aliphatic hydroxyl groups excluding tert-OH is 1. The highest BCUT2D eigenvalue weighted by molar-refractivity contribution is 5.76. The molecule has 4 heteroatoms. The maximum Gasteiger partial charge on any atom is 0.220 e. The molecule has 0 aliphatic carbocycles. The topological polar surface area (TPSA) is 58.6 Å². The minimum absolute atomic E-state index is 0.0130. The number of ether oxygens (including phenoxy) is 1. The van der Waals surface area contributed by atoms with Gasteiger partial charge in [0, 0.05) is 19.6 Å². The average molecular weight is 285 g/mol. The van der Waals surface area contributed by atoms with E-state index in [2.05, 4.69) is 12.2 Å². The van der Waals surface area contributed by atoms with E-state index in [0.717, 1.165) is 12.8 Å². The molecular formula is C16H31NO3. The molecule has 0 aromatic heterocycles. The molecule has 1 aliphatic rings. The normalized spacial score (nSPS) is 17.9. The Morgan fingerprint density at radius 3 is 2.30 bits per heavy atom. The van der Waals surface area contributed by atoms with Crippen molar-refractivity contribution >= 4 is 5.91 Å². The third-order valence-corrected chi connectivity index (χ3v) is 4.16. The molecule has 1 aliphatic heterocycles. The molecule has 4 nitrogen and oxygen atoms in total. The summed E-state index contributed by atoms with van der Waals surface area (Å²) in [5, 5.41) is 12.5. The number of hydrogen-bond acceptors (Lipinski definition) is 3. The Kier molecular flexibility index (Phi) is 8.86. The Morgan fingerprint density at radius 2 is 1.70 bits per heavy atom. The molecule has 1 saturated heterocycles. The van der Waals surface area contributed by atoms with Crippen LogP contribution in [0, 0.1) is 0 Å². The molecule has 0 radical (unpaired) electrons. The van der Waals surface area contributed by atoms with E-state index in [1.165, 1.54) is 32.1 Å². The van der Waals surface area contributed by atoms with Crippen LogP contribution < -0.4 is 5.32 Å². The predicted octanol–water partition coefficient (Wildman–Crippen LogP) is 2.78. The van der Waals surface area contributed by atoms with Crippen molar-refractivity contribution in [1.29, 1.82) is 0 Å². The van der Waals surface area contributed by atoms with E-state index >= 15 is 0 Å². The minimum Gasteiger partial charge on any atom is -0.394 e. The number of aliphatic hydroxyl groups is 1. The molecule has 20 heavy (non-hydrogen) atoms. The third-order valence-electron chi connectivity index (χ3n) is 4.16. The highest BCUT2D eigenvalue weighted by Crippen LogP contribution is 2.20. The van der Waals surface area contributed by atoms with E-state index in [-0.39, 0.29) is 12.5 Å². The van der Waals surface area contributed by atoms with E-state index in [1.54, 1.807) is 0 Å². The molecule has 0 atom stereocenters. The lowest BCUT2D eigenvalue weighted by atomic mass is 9.90. The fourth-order valence-corrected chi connectivity index (χ4v) is 2.69. The molecule has 0 bridgehead atoms. The van der Waals surface area contributed by atoms with Crippen molar-refractivity contribution in [3.63, 3.8) is 0 Å². The van der Waals surface area contributed by atoms with Gasteiger partial charge in [-0.2, -0.15) is 0 Å². The van der Waals surface area contributed by atoms with E-state index in [1.807, 2.05) is 0 Å². The van der Waals surface area contributed by atoms with Gasteiger partial charge in [0.2, 0.25) is 5.91 Å². The van der Waals surface area contributed by atoms with Crippen molar-refractivity contribution in [2.24, 2.45) is 0 Å². The Hall–Kier alpha value is -0.610. The van der Waals surface area contributed by atoms with Crippen LogP contribution in [0.1, 0.15) is 71.1 Å². The van der Waals surface area contributed by atoms with Gasteiger partial charge in [0.1, 0.15) is 0 Å². The Labute approximate surface area is 123 Å². The Balaban J connectivity index is 2.10. The molecule has 2 N–H and O–H groups in total. The van der Waals surface area contributed by atoms with Crippen LogP contribution in [0.3, 0.4) is 0 Å². The molecule has 0 unspecified atom stereocenters. The first-order chi connectivity index (χ1) is 9.72. The number of carbonyl (C=O) groups is 1. The highest BCUT2D eigenvalue weighted by atomic mass is 16.5. The second-order valence-corrected chi connectivity index (χ2v) is 5.97. The molecule has 0 spiro atoms. The zero-order valence-corrected chi connectivity index (χ0v) is 13.0. The molecule has 1 fully saturated rings. The lowest BCUT2D eigenvalue weighted by Gasteiger charge is -2.36. The molecule has 1 amide bonds. The average Bonchev–Trinajstić information content (AvgIpc) is 2.47. The summed E-state index contributed by atoms with van der Waals surface area (Å²) in [7, 11) is 0. The van der Waals surface area contributed by atoms with E-state index in [4.69, 9.17) is 4.74 Å². The quantitative estimate of drug-likeness (QED) is 0.607. The van der Waals surface area contributed by atoms with Crippen LogP contribution in [0.5, 0.6) is 0 Å². The van der Waals surface area contributed by atoms with E-state index in [9.17, 15) is 9.90 Å². The molecule has 1 heterocycles. The zero-order chi connectivity index (χ0) is 14.7. The molecule has 1 rings (SSSR count). The predicted molar refractivity (Wildman–Crippen MR) is 80.6 cm³/mol. The van der Waals surface area contributed by atoms with Crippen LogP contribution in [0.2, 0.25) is 0 Å². The minimum atomic E-state index is -0.434. The van der Waals surface area contributed by atoms with Gasteiger partial charge in [-0.3, -0.25) is 4.79 Å². The Bertz CT molecular complexity index is 262. The first kappa shape index (κ1) is 17.4. The summed E-state index contributed by atoms with van der Waals surface area (Å²) < 4.78 is 5.29. The second-order valence-electron chi connectivity index (χ2n) is 5.97. The maximum absolute atomic E-state index is 11.9. The van der Waals surface area contributed by atoms with Crippen molar-refractivity contribution in [2.75, 3.05) is 19.8 Å². The molecule has 0 aromatic carbocycles. The van der Waals surface area contributed by atoms with Crippen molar-refractivity contribution in [3.05, 3.63) is 0 Å². The number of amides is 1. The number of rotatable bonds is 10. The van der Waals surface area contributed by atoms with Crippen molar-refractivity contribution in [2.45, 2.75) is 76.7 Å². The molecule has 0 aromatic rings. The van der Waals surface area contributed by atoms with Gasteiger partial charge in [0.15, 0.2) is 0 Å². The van der Waals surface area contributed by atoms with Gasteiger partial charge in [0.05, 0.1) is 12.1 Å².